The highest BCUT2D eigenvalue weighted by Gasteiger charge is 2.32. The molecule has 0 aliphatic carbocycles. The number of nitrogens with one attached hydrogen (secondary N) is 2. The predicted octanol–water partition coefficient (Wildman–Crippen LogP) is 1.48. The van der Waals surface area contributed by atoms with Crippen LogP contribution in [-0.2, 0) is 14.8 Å². The molecule has 0 aromatic heterocycles. The van der Waals surface area contributed by atoms with Crippen molar-refractivity contribution in [3.8, 4) is 0 Å². The molecule has 0 unspecified atom stereocenters. The molecule has 28 heavy (non-hydrogen) atoms. The van der Waals surface area contributed by atoms with Gasteiger partial charge in [-0.3, -0.25) is 4.79 Å². The van der Waals surface area contributed by atoms with Gasteiger partial charge in [0.1, 0.15) is 4.90 Å². The molecule has 150 valence electrons. The van der Waals surface area contributed by atoms with E-state index < -0.39 is 10.0 Å². The number of carbonyl (C=O) groups is 1. The summed E-state index contributed by atoms with van der Waals surface area (Å²) in [7, 11) is -3.62. The first-order chi connectivity index (χ1) is 13.3. The van der Waals surface area contributed by atoms with E-state index in [-0.39, 0.29) is 15.8 Å². The number of quaternary nitrogens is 1. The summed E-state index contributed by atoms with van der Waals surface area (Å²) >= 11 is 6.06. The van der Waals surface area contributed by atoms with Gasteiger partial charge in [0.25, 0.3) is 5.91 Å². The molecule has 8 heteroatoms. The Morgan fingerprint density at radius 3 is 2.50 bits per heavy atom. The maximum atomic E-state index is 12.8. The van der Waals surface area contributed by atoms with Gasteiger partial charge >= 0.3 is 0 Å². The second-order valence-corrected chi connectivity index (χ2v) is 9.44. The van der Waals surface area contributed by atoms with Gasteiger partial charge in [-0.2, -0.15) is 4.31 Å². The lowest BCUT2D eigenvalue weighted by Crippen LogP contribution is -3.15. The van der Waals surface area contributed by atoms with Crippen LogP contribution in [0, 0.1) is 13.8 Å². The Morgan fingerprint density at radius 1 is 1.14 bits per heavy atom. The number of carbonyl (C=O) groups excluding carboxylic acids is 1. The Bertz CT molecular complexity index is 970. The van der Waals surface area contributed by atoms with Crippen molar-refractivity contribution in [3.05, 3.63) is 58.6 Å². The van der Waals surface area contributed by atoms with Crippen LogP contribution in [0.3, 0.4) is 0 Å². The molecule has 0 saturated carbocycles. The molecule has 1 saturated heterocycles. The number of halogens is 1. The van der Waals surface area contributed by atoms with E-state index in [9.17, 15) is 13.2 Å². The van der Waals surface area contributed by atoms with Crippen LogP contribution in [0.5, 0.6) is 0 Å². The van der Waals surface area contributed by atoms with Gasteiger partial charge in [-0.25, -0.2) is 8.42 Å². The second-order valence-electron chi connectivity index (χ2n) is 7.13. The zero-order chi connectivity index (χ0) is 20.3. The van der Waals surface area contributed by atoms with Gasteiger partial charge in [0.15, 0.2) is 6.54 Å². The third kappa shape index (κ3) is 4.72. The third-order valence-corrected chi connectivity index (χ3v) is 7.36. The van der Waals surface area contributed by atoms with Gasteiger partial charge in [0.05, 0.1) is 31.2 Å². The predicted molar refractivity (Wildman–Crippen MR) is 110 cm³/mol. The zero-order valence-corrected chi connectivity index (χ0v) is 17.6. The quantitative estimate of drug-likeness (QED) is 0.766. The molecule has 2 N–H and O–H groups in total. The van der Waals surface area contributed by atoms with Gasteiger partial charge in [-0.05, 0) is 43.2 Å². The third-order valence-electron chi connectivity index (χ3n) is 4.96. The normalized spacial score (nSPS) is 16.1. The Morgan fingerprint density at radius 2 is 1.82 bits per heavy atom. The summed E-state index contributed by atoms with van der Waals surface area (Å²) in [5.41, 5.74) is 2.93. The summed E-state index contributed by atoms with van der Waals surface area (Å²) in [5, 5.41) is 3.19. The molecule has 3 rings (SSSR count). The van der Waals surface area contributed by atoms with Crippen LogP contribution in [-0.4, -0.2) is 51.4 Å². The minimum atomic E-state index is -3.62. The molecule has 0 bridgehead atoms. The summed E-state index contributed by atoms with van der Waals surface area (Å²) in [6.45, 7) is 6.12. The maximum Gasteiger partial charge on any atom is 0.279 e. The lowest BCUT2D eigenvalue weighted by molar-refractivity contribution is -0.895. The van der Waals surface area contributed by atoms with Gasteiger partial charge in [0, 0.05) is 5.69 Å². The van der Waals surface area contributed by atoms with Gasteiger partial charge in [0.2, 0.25) is 10.0 Å². The molecule has 0 atom stereocenters. The molecule has 1 amide bonds. The van der Waals surface area contributed by atoms with Crippen molar-refractivity contribution in [2.75, 3.05) is 38.0 Å². The van der Waals surface area contributed by atoms with E-state index >= 15 is 0 Å². The highest BCUT2D eigenvalue weighted by atomic mass is 35.5. The Labute approximate surface area is 171 Å². The number of amides is 1. The largest absolute Gasteiger partial charge is 0.325 e. The van der Waals surface area contributed by atoms with Gasteiger partial charge in [-0.1, -0.05) is 35.9 Å². The monoisotopic (exact) mass is 422 g/mol. The van der Waals surface area contributed by atoms with Crippen molar-refractivity contribution in [2.45, 2.75) is 18.7 Å². The van der Waals surface area contributed by atoms with E-state index in [1.54, 1.807) is 18.2 Å². The first-order valence-corrected chi connectivity index (χ1v) is 11.0. The first-order valence-electron chi connectivity index (χ1n) is 9.23. The lowest BCUT2D eigenvalue weighted by atomic mass is 10.1. The number of sulfonamides is 1. The Balaban J connectivity index is 1.57. The fraction of sp³-hybridized carbons (Fsp3) is 0.350. The van der Waals surface area contributed by atoms with E-state index in [0.29, 0.717) is 32.7 Å². The fourth-order valence-electron chi connectivity index (χ4n) is 3.30. The van der Waals surface area contributed by atoms with E-state index in [1.807, 2.05) is 32.0 Å². The summed E-state index contributed by atoms with van der Waals surface area (Å²) in [6.07, 6.45) is 0. The zero-order valence-electron chi connectivity index (χ0n) is 16.0. The SMILES string of the molecule is Cc1ccc(C)c(NC(=O)C[NH+]2CCN(S(=O)(=O)c3ccccc3Cl)CC2)c1. The molecular formula is C20H25ClN3O3S+. The molecule has 6 nitrogen and oxygen atoms in total. The number of benzene rings is 2. The molecular weight excluding hydrogens is 398 g/mol. The van der Waals surface area contributed by atoms with Crippen molar-refractivity contribution in [2.24, 2.45) is 0 Å². The Hall–Kier alpha value is -1.93. The average molecular weight is 423 g/mol. The number of aryl methyl sites for hydroxylation is 2. The molecule has 0 radical (unpaired) electrons. The number of hydrogen-bond donors (Lipinski definition) is 2. The molecule has 1 aliphatic heterocycles. The van der Waals surface area contributed by atoms with Crippen LogP contribution < -0.4 is 10.2 Å². The van der Waals surface area contributed by atoms with Crippen LogP contribution in [0.15, 0.2) is 47.4 Å². The second kappa shape index (κ2) is 8.61. The number of nitrogens with zero attached hydrogens (tertiary/aromatic N) is 1. The number of rotatable bonds is 5. The van der Waals surface area contributed by atoms with E-state index in [4.69, 9.17) is 11.6 Å². The van der Waals surface area contributed by atoms with Crippen LogP contribution >= 0.6 is 11.6 Å². The molecule has 1 fully saturated rings. The minimum Gasteiger partial charge on any atom is -0.325 e. The standard InChI is InChI=1S/C20H24ClN3O3S/c1-15-7-8-16(2)18(13-15)22-20(25)14-23-9-11-24(12-10-23)28(26,27)19-6-4-3-5-17(19)21/h3-8,13H,9-12,14H2,1-2H3,(H,22,25)/p+1. The fourth-order valence-corrected chi connectivity index (χ4v) is 5.24. The highest BCUT2D eigenvalue weighted by molar-refractivity contribution is 7.89. The van der Waals surface area contributed by atoms with Crippen molar-refractivity contribution in [1.29, 1.82) is 0 Å². The number of hydrogen-bond acceptors (Lipinski definition) is 3. The summed E-state index contributed by atoms with van der Waals surface area (Å²) in [5.74, 6) is -0.0638. The van der Waals surface area contributed by atoms with Crippen LogP contribution in [0.4, 0.5) is 5.69 Å². The topological polar surface area (TPSA) is 70.9 Å². The molecule has 1 aliphatic rings. The van der Waals surface area contributed by atoms with Crippen molar-refractivity contribution >= 4 is 33.2 Å². The molecule has 2 aromatic rings. The van der Waals surface area contributed by atoms with Gasteiger partial charge < -0.3 is 10.2 Å². The van der Waals surface area contributed by atoms with E-state index in [1.165, 1.54) is 10.4 Å². The smallest absolute Gasteiger partial charge is 0.279 e. The van der Waals surface area contributed by atoms with Gasteiger partial charge in [-0.15, -0.1) is 0 Å². The van der Waals surface area contributed by atoms with Crippen LogP contribution in [0.1, 0.15) is 11.1 Å². The first kappa shape index (κ1) is 20.8. The Kier molecular flexibility index (Phi) is 6.40. The van der Waals surface area contributed by atoms with E-state index in [0.717, 1.165) is 21.7 Å². The van der Waals surface area contributed by atoms with Crippen molar-refractivity contribution in [3.63, 3.8) is 0 Å². The highest BCUT2D eigenvalue weighted by Crippen LogP contribution is 2.24. The van der Waals surface area contributed by atoms with Crippen molar-refractivity contribution < 1.29 is 18.1 Å². The van der Waals surface area contributed by atoms with Crippen LogP contribution in [0.2, 0.25) is 5.02 Å². The molecule has 2 aromatic carbocycles. The average Bonchev–Trinajstić information content (AvgIpc) is 2.65. The maximum absolute atomic E-state index is 12.8. The lowest BCUT2D eigenvalue weighted by Gasteiger charge is -2.31. The number of piperazine rings is 1. The van der Waals surface area contributed by atoms with Crippen LogP contribution in [0.25, 0.3) is 0 Å². The summed E-state index contributed by atoms with van der Waals surface area (Å²) in [6, 6.07) is 12.4. The van der Waals surface area contributed by atoms with Crippen molar-refractivity contribution in [1.82, 2.24) is 4.31 Å². The molecule has 0 spiro atoms. The minimum absolute atomic E-state index is 0.0638. The molecule has 1 heterocycles. The summed E-state index contributed by atoms with van der Waals surface area (Å²) in [4.78, 5) is 13.6. The number of anilines is 1. The summed E-state index contributed by atoms with van der Waals surface area (Å²) < 4.78 is 27.0. The van der Waals surface area contributed by atoms with E-state index in [2.05, 4.69) is 5.32 Å².